The van der Waals surface area contributed by atoms with E-state index < -0.39 is 0 Å². The van der Waals surface area contributed by atoms with Crippen LogP contribution in [0.1, 0.15) is 36.5 Å². The van der Waals surface area contributed by atoms with E-state index in [9.17, 15) is 9.59 Å². The molecule has 0 unspecified atom stereocenters. The van der Waals surface area contributed by atoms with Crippen LogP contribution in [0, 0.1) is 19.8 Å². The zero-order valence-corrected chi connectivity index (χ0v) is 18.8. The van der Waals surface area contributed by atoms with Gasteiger partial charge in [0.05, 0.1) is 21.3 Å². The van der Waals surface area contributed by atoms with E-state index in [1.807, 2.05) is 32.0 Å². The molecule has 4 rings (SSSR count). The van der Waals surface area contributed by atoms with E-state index in [1.54, 1.807) is 18.2 Å². The highest BCUT2D eigenvalue weighted by Crippen LogP contribution is 2.38. The van der Waals surface area contributed by atoms with E-state index >= 15 is 0 Å². The molecular formula is C24H24Cl2N2O2. The van der Waals surface area contributed by atoms with Gasteiger partial charge in [-0.3, -0.25) is 9.59 Å². The fourth-order valence-corrected chi connectivity index (χ4v) is 4.35. The highest BCUT2D eigenvalue weighted by molar-refractivity contribution is 6.46. The molecule has 1 saturated heterocycles. The first-order valence-corrected chi connectivity index (χ1v) is 10.9. The number of piperidine rings is 1. The van der Waals surface area contributed by atoms with Gasteiger partial charge in [-0.2, -0.15) is 0 Å². The van der Waals surface area contributed by atoms with Gasteiger partial charge in [0, 0.05) is 13.1 Å². The Morgan fingerprint density at radius 2 is 1.57 bits per heavy atom. The summed E-state index contributed by atoms with van der Waals surface area (Å²) in [5, 5.41) is 0.690. The predicted octanol–water partition coefficient (Wildman–Crippen LogP) is 5.63. The molecule has 0 atom stereocenters. The number of rotatable bonds is 3. The number of aryl methyl sites for hydroxylation is 2. The fourth-order valence-electron chi connectivity index (χ4n) is 4.06. The number of benzene rings is 2. The molecule has 30 heavy (non-hydrogen) atoms. The maximum absolute atomic E-state index is 13.6. The Hall–Kier alpha value is -2.30. The van der Waals surface area contributed by atoms with Crippen LogP contribution in [0.15, 0.2) is 42.1 Å². The van der Waals surface area contributed by atoms with Crippen LogP contribution in [0.3, 0.4) is 0 Å². The Kier molecular flexibility index (Phi) is 5.65. The van der Waals surface area contributed by atoms with Crippen LogP contribution < -0.4 is 4.90 Å². The number of imide groups is 1. The average molecular weight is 443 g/mol. The number of hydrogen-bond donors (Lipinski definition) is 0. The molecule has 0 aliphatic carbocycles. The van der Waals surface area contributed by atoms with Crippen LogP contribution in [0.2, 0.25) is 10.0 Å². The molecule has 2 amide bonds. The van der Waals surface area contributed by atoms with Crippen molar-refractivity contribution in [3.8, 4) is 0 Å². The van der Waals surface area contributed by atoms with Gasteiger partial charge in [0.2, 0.25) is 0 Å². The van der Waals surface area contributed by atoms with Crippen molar-refractivity contribution < 1.29 is 9.59 Å². The van der Waals surface area contributed by atoms with Crippen molar-refractivity contribution in [3.63, 3.8) is 0 Å². The fraction of sp³-hybridized carbons (Fsp3) is 0.333. The summed E-state index contributed by atoms with van der Waals surface area (Å²) < 4.78 is 0. The van der Waals surface area contributed by atoms with Gasteiger partial charge in [-0.1, -0.05) is 48.3 Å². The smallest absolute Gasteiger partial charge is 0.282 e. The highest BCUT2D eigenvalue weighted by Gasteiger charge is 2.43. The molecule has 2 aromatic carbocycles. The Morgan fingerprint density at radius 3 is 2.20 bits per heavy atom. The van der Waals surface area contributed by atoms with Crippen LogP contribution in [0.25, 0.3) is 5.57 Å². The summed E-state index contributed by atoms with van der Waals surface area (Å²) in [5.41, 5.74) is 4.38. The molecule has 6 heteroatoms. The van der Waals surface area contributed by atoms with Gasteiger partial charge in [0.25, 0.3) is 11.8 Å². The molecule has 0 bridgehead atoms. The largest absolute Gasteiger partial charge is 0.366 e. The highest BCUT2D eigenvalue weighted by atomic mass is 35.5. The summed E-state index contributed by atoms with van der Waals surface area (Å²) >= 11 is 12.2. The Morgan fingerprint density at radius 1 is 0.867 bits per heavy atom. The SMILES string of the molecule is Cc1ccc(C2=C(N3CCC(C)CC3)C(=O)N(c3ccc(Cl)c(Cl)c3)C2=O)cc1C. The number of hydrogen-bond acceptors (Lipinski definition) is 3. The minimum Gasteiger partial charge on any atom is -0.366 e. The first kappa shape index (κ1) is 21.0. The van der Waals surface area contributed by atoms with Gasteiger partial charge < -0.3 is 4.90 Å². The topological polar surface area (TPSA) is 40.6 Å². The normalized spacial score (nSPS) is 18.0. The van der Waals surface area contributed by atoms with Gasteiger partial charge in [0.15, 0.2) is 0 Å². The molecule has 0 N–H and O–H groups in total. The predicted molar refractivity (Wildman–Crippen MR) is 122 cm³/mol. The molecule has 0 aromatic heterocycles. The molecular weight excluding hydrogens is 419 g/mol. The molecule has 4 nitrogen and oxygen atoms in total. The van der Waals surface area contributed by atoms with Crippen molar-refractivity contribution in [2.24, 2.45) is 5.92 Å². The number of likely N-dealkylation sites (tertiary alicyclic amines) is 1. The minimum absolute atomic E-state index is 0.304. The average Bonchev–Trinajstić information content (AvgIpc) is 2.97. The number of amides is 2. The first-order chi connectivity index (χ1) is 14.3. The van der Waals surface area contributed by atoms with Crippen molar-refractivity contribution in [2.75, 3.05) is 18.0 Å². The van der Waals surface area contributed by atoms with E-state index in [0.717, 1.165) is 42.6 Å². The van der Waals surface area contributed by atoms with Gasteiger partial charge in [-0.15, -0.1) is 0 Å². The molecule has 2 heterocycles. The minimum atomic E-state index is -0.324. The quantitative estimate of drug-likeness (QED) is 0.578. The lowest BCUT2D eigenvalue weighted by atomic mass is 9.96. The lowest BCUT2D eigenvalue weighted by molar-refractivity contribution is -0.120. The second-order valence-corrected chi connectivity index (χ2v) is 9.05. The Bertz CT molecular complexity index is 1070. The van der Waals surface area contributed by atoms with E-state index in [-0.39, 0.29) is 11.8 Å². The summed E-state index contributed by atoms with van der Waals surface area (Å²) in [6, 6.07) is 10.7. The molecule has 0 radical (unpaired) electrons. The molecule has 2 aromatic rings. The molecule has 0 spiro atoms. The molecule has 0 saturated carbocycles. The summed E-state index contributed by atoms with van der Waals surface area (Å²) in [4.78, 5) is 30.4. The number of halogens is 2. The van der Waals surface area contributed by atoms with E-state index in [4.69, 9.17) is 23.2 Å². The lowest BCUT2D eigenvalue weighted by Crippen LogP contribution is -2.38. The maximum atomic E-state index is 13.6. The van der Waals surface area contributed by atoms with E-state index in [1.165, 1.54) is 4.90 Å². The molecule has 2 aliphatic heterocycles. The monoisotopic (exact) mass is 442 g/mol. The third-order valence-corrected chi connectivity index (χ3v) is 6.86. The number of carbonyl (C=O) groups is 2. The summed E-state index contributed by atoms with van der Waals surface area (Å²) in [7, 11) is 0. The van der Waals surface area contributed by atoms with Gasteiger partial charge in [0.1, 0.15) is 5.70 Å². The van der Waals surface area contributed by atoms with Crippen molar-refractivity contribution >= 4 is 46.3 Å². The number of nitrogens with zero attached hydrogens (tertiary/aromatic N) is 2. The number of anilines is 1. The van der Waals surface area contributed by atoms with Crippen molar-refractivity contribution in [1.29, 1.82) is 0 Å². The van der Waals surface area contributed by atoms with E-state index in [2.05, 4.69) is 11.8 Å². The van der Waals surface area contributed by atoms with Crippen LogP contribution in [0.5, 0.6) is 0 Å². The Balaban J connectivity index is 1.83. The maximum Gasteiger partial charge on any atom is 0.282 e. The third-order valence-electron chi connectivity index (χ3n) is 6.12. The number of carbonyl (C=O) groups excluding carboxylic acids is 2. The van der Waals surface area contributed by atoms with Crippen molar-refractivity contribution in [3.05, 3.63) is 68.8 Å². The van der Waals surface area contributed by atoms with Crippen LogP contribution in [0.4, 0.5) is 5.69 Å². The first-order valence-electron chi connectivity index (χ1n) is 10.2. The van der Waals surface area contributed by atoms with Crippen LogP contribution in [-0.4, -0.2) is 29.8 Å². The standard InChI is InChI=1S/C24H24Cl2N2O2/c1-14-8-10-27(11-9-14)22-21(17-5-4-15(2)16(3)12-17)23(29)28(24(22)30)18-6-7-19(25)20(26)13-18/h4-7,12-14H,8-11H2,1-3H3. The summed E-state index contributed by atoms with van der Waals surface area (Å²) in [5.74, 6) is -0.0123. The zero-order chi connectivity index (χ0) is 21.6. The zero-order valence-electron chi connectivity index (χ0n) is 17.3. The molecule has 1 fully saturated rings. The van der Waals surface area contributed by atoms with Crippen LogP contribution >= 0.6 is 23.2 Å². The van der Waals surface area contributed by atoms with E-state index in [0.29, 0.717) is 32.9 Å². The van der Waals surface area contributed by atoms with Crippen LogP contribution in [-0.2, 0) is 9.59 Å². The second-order valence-electron chi connectivity index (χ2n) is 8.24. The third kappa shape index (κ3) is 3.63. The van der Waals surface area contributed by atoms with Gasteiger partial charge in [-0.25, -0.2) is 4.90 Å². The van der Waals surface area contributed by atoms with Crippen molar-refractivity contribution in [1.82, 2.24) is 4.90 Å². The molecule has 2 aliphatic rings. The van der Waals surface area contributed by atoms with Gasteiger partial charge >= 0.3 is 0 Å². The van der Waals surface area contributed by atoms with Gasteiger partial charge in [-0.05, 0) is 67.5 Å². The second kappa shape index (κ2) is 8.09. The lowest BCUT2D eigenvalue weighted by Gasteiger charge is -2.32. The summed E-state index contributed by atoms with van der Waals surface area (Å²) in [6.45, 7) is 7.79. The molecule has 156 valence electrons. The summed E-state index contributed by atoms with van der Waals surface area (Å²) in [6.07, 6.45) is 2.00. The Labute approximate surface area is 187 Å². The van der Waals surface area contributed by atoms with Crippen molar-refractivity contribution in [2.45, 2.75) is 33.6 Å².